The average molecular weight is 1380 g/mol. The van der Waals surface area contributed by atoms with Crippen LogP contribution in [0.2, 0.25) is 0 Å². The number of carbonyl (C=O) groups is 14. The number of hydrogen-bond donors (Lipinski definition) is 6. The topological polar surface area (TPSA) is 444 Å². The molecule has 8 unspecified atom stereocenters. The molecule has 3 rings (SSSR count). The number of hydrogen-bond acceptors (Lipinski definition) is 29. The zero-order valence-electron chi connectivity index (χ0n) is 56.5. The van der Waals surface area contributed by atoms with Crippen LogP contribution in [-0.4, -0.2) is 253 Å². The van der Waals surface area contributed by atoms with Crippen LogP contribution < -0.4 is 31.9 Å². The Morgan fingerprint density at radius 3 is 1.18 bits per heavy atom. The molecule has 6 amide bonds. The normalized spacial score (nSPS) is 24.4. The Balaban J connectivity index is 1.59. The average Bonchev–Trinajstić information content (AvgIpc) is 0.800. The minimum atomic E-state index is -1.31. The summed E-state index contributed by atoms with van der Waals surface area (Å²) in [4.78, 5) is 174. The summed E-state index contributed by atoms with van der Waals surface area (Å²) >= 11 is 0. The lowest BCUT2D eigenvalue weighted by Crippen LogP contribution is -2.66. The highest BCUT2D eigenvalue weighted by Crippen LogP contribution is 2.31. The van der Waals surface area contributed by atoms with Gasteiger partial charge in [-0.25, -0.2) is 0 Å². The lowest BCUT2D eigenvalue weighted by atomic mass is 9.96. The SMILES string of the molecule is CC(=O)NC1C[C@@H](OC(C)=O)C(COC(C)=O)O[C@H]1OCCCCC(=O)N(CCNCCNC(=O)CCCCO[C@@H]1OC(COC(C)=O)[C@H](OC(C)=O)C(OC(C)=O)C1NC(C)=O)CCNC(=O)CCCCO[C@@H]1OC(COC(C)=O)[C@H](OC(C)=O)C(OC(C)=O)C1NC(C)=O. The molecule has 0 aromatic heterocycles. The van der Waals surface area contributed by atoms with Crippen molar-refractivity contribution >= 4 is 83.2 Å². The first kappa shape index (κ1) is 82.5. The lowest BCUT2D eigenvalue weighted by Gasteiger charge is -2.44. The van der Waals surface area contributed by atoms with Crippen LogP contribution in [0, 0.1) is 0 Å². The summed E-state index contributed by atoms with van der Waals surface area (Å²) in [5.41, 5.74) is 0. The van der Waals surface area contributed by atoms with Gasteiger partial charge in [-0.3, -0.25) is 67.1 Å². The van der Waals surface area contributed by atoms with Crippen molar-refractivity contribution in [3.8, 4) is 0 Å². The predicted molar refractivity (Wildman–Crippen MR) is 326 cm³/mol. The van der Waals surface area contributed by atoms with E-state index in [1.54, 1.807) is 4.90 Å². The van der Waals surface area contributed by atoms with Gasteiger partial charge in [-0.1, -0.05) is 0 Å². The molecule has 3 fully saturated rings. The zero-order valence-corrected chi connectivity index (χ0v) is 56.5. The molecule has 96 heavy (non-hydrogen) atoms. The smallest absolute Gasteiger partial charge is 0.303 e. The molecule has 0 spiro atoms. The van der Waals surface area contributed by atoms with Crippen molar-refractivity contribution in [3.05, 3.63) is 0 Å². The number of ether oxygens (including phenoxy) is 14. The van der Waals surface area contributed by atoms with Crippen LogP contribution in [0.4, 0.5) is 0 Å². The third-order valence-electron chi connectivity index (χ3n) is 14.3. The van der Waals surface area contributed by atoms with Crippen molar-refractivity contribution in [1.29, 1.82) is 0 Å². The van der Waals surface area contributed by atoms with Crippen molar-refractivity contribution in [1.82, 2.24) is 36.8 Å². The van der Waals surface area contributed by atoms with Gasteiger partial charge in [0, 0.05) is 161 Å². The van der Waals surface area contributed by atoms with Crippen LogP contribution in [0.15, 0.2) is 0 Å². The summed E-state index contributed by atoms with van der Waals surface area (Å²) in [6.45, 7) is 13.2. The van der Waals surface area contributed by atoms with Gasteiger partial charge in [-0.2, -0.15) is 0 Å². The van der Waals surface area contributed by atoms with Gasteiger partial charge in [-0.15, -0.1) is 0 Å². The van der Waals surface area contributed by atoms with E-state index >= 15 is 0 Å². The summed E-state index contributed by atoms with van der Waals surface area (Å²) in [6.07, 6.45) is -10.5. The number of esters is 8. The summed E-state index contributed by atoms with van der Waals surface area (Å²) < 4.78 is 78.7. The first-order valence-electron chi connectivity index (χ1n) is 31.8. The summed E-state index contributed by atoms with van der Waals surface area (Å²) in [6, 6.07) is -3.06. The molecule has 544 valence electrons. The molecule has 35 heteroatoms. The molecule has 0 aromatic rings. The Morgan fingerprint density at radius 2 is 0.760 bits per heavy atom. The van der Waals surface area contributed by atoms with Crippen LogP contribution >= 0.6 is 0 Å². The number of nitrogens with zero attached hydrogens (tertiary/aromatic N) is 1. The molecular formula is C61H97N7O28. The molecule has 0 aliphatic carbocycles. The van der Waals surface area contributed by atoms with Gasteiger partial charge < -0.3 is 103 Å². The first-order chi connectivity index (χ1) is 45.4. The molecule has 3 aliphatic heterocycles. The third kappa shape index (κ3) is 32.8. The molecule has 6 N–H and O–H groups in total. The lowest BCUT2D eigenvalue weighted by molar-refractivity contribution is -0.277. The van der Waals surface area contributed by atoms with Crippen LogP contribution in [0.3, 0.4) is 0 Å². The summed E-state index contributed by atoms with van der Waals surface area (Å²) in [5, 5.41) is 16.9. The Kier molecular flexibility index (Phi) is 38.0. The van der Waals surface area contributed by atoms with Crippen LogP contribution in [0.1, 0.15) is 140 Å². The minimum absolute atomic E-state index is 0.00900. The highest BCUT2D eigenvalue weighted by molar-refractivity contribution is 5.78. The van der Waals surface area contributed by atoms with Gasteiger partial charge in [0.05, 0.1) is 6.04 Å². The molecular weight excluding hydrogens is 1280 g/mol. The van der Waals surface area contributed by atoms with E-state index in [9.17, 15) is 67.1 Å². The van der Waals surface area contributed by atoms with E-state index in [0.29, 0.717) is 45.1 Å². The largest absolute Gasteiger partial charge is 0.463 e. The Bertz CT molecular complexity index is 2600. The third-order valence-corrected chi connectivity index (χ3v) is 14.3. The maximum Gasteiger partial charge on any atom is 0.303 e. The summed E-state index contributed by atoms with van der Waals surface area (Å²) in [5.74, 6) is -7.92. The molecule has 35 nitrogen and oxygen atoms in total. The number of carbonyl (C=O) groups excluding carboxylic acids is 14. The van der Waals surface area contributed by atoms with Crippen LogP contribution in [0.5, 0.6) is 0 Å². The van der Waals surface area contributed by atoms with Crippen molar-refractivity contribution in [2.45, 2.75) is 226 Å². The van der Waals surface area contributed by atoms with Gasteiger partial charge in [0.1, 0.15) is 56.3 Å². The van der Waals surface area contributed by atoms with E-state index in [2.05, 4.69) is 31.9 Å². The van der Waals surface area contributed by atoms with E-state index in [1.165, 1.54) is 34.6 Å². The Hall–Kier alpha value is -7.70. The second-order valence-electron chi connectivity index (χ2n) is 22.8. The number of unbranched alkanes of at least 4 members (excludes halogenated alkanes) is 3. The maximum atomic E-state index is 13.8. The zero-order chi connectivity index (χ0) is 71.4. The van der Waals surface area contributed by atoms with Crippen molar-refractivity contribution in [2.75, 3.05) is 78.9 Å². The van der Waals surface area contributed by atoms with Gasteiger partial charge in [0.2, 0.25) is 35.4 Å². The monoisotopic (exact) mass is 1380 g/mol. The molecule has 0 bridgehead atoms. The number of nitrogens with one attached hydrogen (secondary N) is 6. The summed E-state index contributed by atoms with van der Waals surface area (Å²) in [7, 11) is 0. The fraction of sp³-hybridized carbons (Fsp3) is 0.770. The molecule has 3 saturated heterocycles. The van der Waals surface area contributed by atoms with E-state index in [0.717, 1.165) is 41.5 Å². The fourth-order valence-electron chi connectivity index (χ4n) is 10.4. The highest BCUT2D eigenvalue weighted by Gasteiger charge is 2.53. The minimum Gasteiger partial charge on any atom is -0.463 e. The second kappa shape index (κ2) is 44.2. The van der Waals surface area contributed by atoms with Crippen molar-refractivity contribution in [2.24, 2.45) is 0 Å². The molecule has 0 saturated carbocycles. The predicted octanol–water partition coefficient (Wildman–Crippen LogP) is -1.38. The van der Waals surface area contributed by atoms with E-state index < -0.39 is 165 Å². The molecule has 0 radical (unpaired) electrons. The maximum absolute atomic E-state index is 13.8. The van der Waals surface area contributed by atoms with Crippen molar-refractivity contribution in [3.63, 3.8) is 0 Å². The molecule has 3 aliphatic rings. The van der Waals surface area contributed by atoms with Crippen LogP contribution in [0.25, 0.3) is 0 Å². The van der Waals surface area contributed by atoms with Crippen molar-refractivity contribution < 1.29 is 133 Å². The van der Waals surface area contributed by atoms with Gasteiger partial charge in [0.15, 0.2) is 43.3 Å². The van der Waals surface area contributed by atoms with Gasteiger partial charge in [-0.05, 0) is 38.5 Å². The number of amides is 6. The van der Waals surface area contributed by atoms with Gasteiger partial charge in [0.25, 0.3) is 0 Å². The Labute approximate surface area is 557 Å². The van der Waals surface area contributed by atoms with E-state index in [1.807, 2.05) is 0 Å². The molecule has 14 atom stereocenters. The molecule has 0 aromatic carbocycles. The van der Waals surface area contributed by atoms with E-state index in [4.69, 9.17) is 66.3 Å². The first-order valence-corrected chi connectivity index (χ1v) is 31.8. The Morgan fingerprint density at radius 1 is 0.385 bits per heavy atom. The number of rotatable bonds is 41. The van der Waals surface area contributed by atoms with Crippen LogP contribution in [-0.2, 0) is 133 Å². The molecule has 3 heterocycles. The standard InChI is InChI=1S/C61H97N7O28/c1-34(69)65-45-30-46(89-40(7)75)47(31-86-37(4)72)94-59(45)83-27-17-14-20-52(82)68(26-24-64-51(81)19-13-16-29-85-61-54(67-36(3)71)58(93-44(11)79)56(91-42(9)77)49(96-61)33-88-39(6)74)25-23-62-21-22-63-50(80)18-12-15-28-84-60-53(66-35(2)70)57(92-43(10)78)55(90-41(8)76)48(95-60)32-87-38(5)73/h45-49,53-62H,12-33H2,1-11H3,(H,63,80)(H,64,81)(H,65,69)(H,66,70)(H,67,71)/t45?,46-,47?,48?,49?,53?,54?,55+,56+,57?,58?,59-,60-,61-/m1/s1. The second-order valence-corrected chi connectivity index (χ2v) is 22.8. The quantitative estimate of drug-likeness (QED) is 0.0233. The van der Waals surface area contributed by atoms with Gasteiger partial charge >= 0.3 is 47.8 Å². The van der Waals surface area contributed by atoms with E-state index in [-0.39, 0.29) is 103 Å². The fourth-order valence-corrected chi connectivity index (χ4v) is 10.4. The highest BCUT2D eigenvalue weighted by atomic mass is 16.7.